The Balaban J connectivity index is 2.34. The van der Waals surface area contributed by atoms with Crippen LogP contribution < -0.4 is 0 Å². The summed E-state index contributed by atoms with van der Waals surface area (Å²) in [5, 5.41) is 9.12. The second-order valence-electron chi connectivity index (χ2n) is 5.50. The maximum Gasteiger partial charge on any atom is 0.332 e. The maximum atomic E-state index is 14.6. The highest BCUT2D eigenvalue weighted by atomic mass is 19.2. The molecule has 0 aromatic heterocycles. The minimum atomic E-state index is -2.68. The van der Waals surface area contributed by atoms with Crippen LogP contribution in [-0.2, 0) is 9.53 Å². The van der Waals surface area contributed by atoms with E-state index in [4.69, 9.17) is 5.11 Å². The zero-order chi connectivity index (χ0) is 18.7. The van der Waals surface area contributed by atoms with E-state index in [-0.39, 0.29) is 11.1 Å². The van der Waals surface area contributed by atoms with Gasteiger partial charge in [-0.15, -0.1) is 0 Å². The van der Waals surface area contributed by atoms with Gasteiger partial charge < -0.3 is 9.84 Å². The molecule has 1 heterocycles. The van der Waals surface area contributed by atoms with Gasteiger partial charge in [0.05, 0.1) is 24.3 Å². The summed E-state index contributed by atoms with van der Waals surface area (Å²) in [5.74, 6) is -3.26. The lowest BCUT2D eigenvalue weighted by Gasteiger charge is -2.28. The van der Waals surface area contributed by atoms with Crippen LogP contribution >= 0.6 is 0 Å². The number of imide groups is 1. The average Bonchev–Trinajstić information content (AvgIpc) is 2.86. The molecule has 25 heavy (non-hydrogen) atoms. The summed E-state index contributed by atoms with van der Waals surface area (Å²) in [6, 6.07) is 3.40. The Hall–Kier alpha value is -2.42. The van der Waals surface area contributed by atoms with E-state index in [0.717, 1.165) is 7.11 Å². The molecule has 0 fully saturated rings. The second-order valence-corrected chi connectivity index (χ2v) is 5.50. The Morgan fingerprint density at radius 2 is 1.72 bits per heavy atom. The standard InChI is InChI=1S/C16H16F3NO5/c1-25-16(24)13(12(19)11(18)6-8(21)7-17)20-14(22)9-4-2-3-5-10(9)15(20)23/h2-5,8,11-13,21H,6-7H2,1H3/t8?,11?,12?,13-/m1/s1. The van der Waals surface area contributed by atoms with Crippen molar-refractivity contribution in [1.29, 1.82) is 0 Å². The zero-order valence-electron chi connectivity index (χ0n) is 13.2. The van der Waals surface area contributed by atoms with E-state index in [2.05, 4.69) is 4.74 Å². The fraction of sp³-hybridized carbons (Fsp3) is 0.438. The van der Waals surface area contributed by atoms with Crippen LogP contribution in [0.2, 0.25) is 0 Å². The number of benzene rings is 1. The first-order valence-electron chi connectivity index (χ1n) is 7.40. The number of aliphatic hydroxyl groups is 1. The number of esters is 1. The van der Waals surface area contributed by atoms with Crippen molar-refractivity contribution in [1.82, 2.24) is 4.90 Å². The van der Waals surface area contributed by atoms with E-state index in [1.807, 2.05) is 0 Å². The predicted molar refractivity (Wildman–Crippen MR) is 79.1 cm³/mol. The number of hydrogen-bond donors (Lipinski definition) is 1. The largest absolute Gasteiger partial charge is 0.467 e. The number of carbonyl (C=O) groups excluding carboxylic acids is 3. The van der Waals surface area contributed by atoms with Gasteiger partial charge in [-0.1, -0.05) is 12.1 Å². The molecule has 4 atom stereocenters. The van der Waals surface area contributed by atoms with Gasteiger partial charge in [-0.25, -0.2) is 18.0 Å². The Bertz CT molecular complexity index is 648. The molecule has 0 spiro atoms. The molecule has 0 bridgehead atoms. The molecular formula is C16H16F3NO5. The van der Waals surface area contributed by atoms with E-state index in [1.54, 1.807) is 0 Å². The second kappa shape index (κ2) is 7.64. The van der Waals surface area contributed by atoms with Gasteiger partial charge in [0.25, 0.3) is 11.8 Å². The minimum Gasteiger partial charge on any atom is -0.467 e. The van der Waals surface area contributed by atoms with Crippen molar-refractivity contribution in [3.63, 3.8) is 0 Å². The van der Waals surface area contributed by atoms with Crippen molar-refractivity contribution in [2.24, 2.45) is 0 Å². The van der Waals surface area contributed by atoms with Gasteiger partial charge in [-0.2, -0.15) is 0 Å². The summed E-state index contributed by atoms with van der Waals surface area (Å²) < 4.78 is 45.3. The van der Waals surface area contributed by atoms with Gasteiger partial charge in [0.15, 0.2) is 12.2 Å². The van der Waals surface area contributed by atoms with E-state index in [9.17, 15) is 27.6 Å². The van der Waals surface area contributed by atoms with Gasteiger partial charge in [-0.3, -0.25) is 14.5 Å². The van der Waals surface area contributed by atoms with Crippen LogP contribution in [0.4, 0.5) is 13.2 Å². The lowest BCUT2D eigenvalue weighted by atomic mass is 10.0. The zero-order valence-corrected chi connectivity index (χ0v) is 13.2. The van der Waals surface area contributed by atoms with E-state index < -0.39 is 55.4 Å². The first-order valence-corrected chi connectivity index (χ1v) is 7.40. The molecule has 1 aromatic rings. The Morgan fingerprint density at radius 1 is 1.20 bits per heavy atom. The average molecular weight is 359 g/mol. The summed E-state index contributed by atoms with van der Waals surface area (Å²) >= 11 is 0. The molecule has 1 aliphatic heterocycles. The molecule has 6 nitrogen and oxygen atoms in total. The minimum absolute atomic E-state index is 0.0483. The molecule has 0 saturated carbocycles. The number of methoxy groups -OCH3 is 1. The first-order chi connectivity index (χ1) is 11.8. The van der Waals surface area contributed by atoms with Gasteiger partial charge in [-0.05, 0) is 12.1 Å². The predicted octanol–water partition coefficient (Wildman–Crippen LogP) is 1.22. The topological polar surface area (TPSA) is 83.9 Å². The molecule has 0 aliphatic carbocycles. The monoisotopic (exact) mass is 359 g/mol. The molecule has 2 amide bonds. The molecule has 2 rings (SSSR count). The Labute approximate surface area is 141 Å². The van der Waals surface area contributed by atoms with Crippen LogP contribution in [0.5, 0.6) is 0 Å². The summed E-state index contributed by atoms with van der Waals surface area (Å²) in [7, 11) is 0.893. The van der Waals surface area contributed by atoms with Gasteiger partial charge >= 0.3 is 5.97 Å². The maximum absolute atomic E-state index is 14.6. The van der Waals surface area contributed by atoms with Crippen LogP contribution in [0.3, 0.4) is 0 Å². The van der Waals surface area contributed by atoms with Crippen molar-refractivity contribution >= 4 is 17.8 Å². The fourth-order valence-electron chi connectivity index (χ4n) is 2.61. The van der Waals surface area contributed by atoms with Crippen LogP contribution in [0.25, 0.3) is 0 Å². The molecular weight excluding hydrogens is 343 g/mol. The number of carbonyl (C=O) groups is 3. The number of rotatable bonds is 7. The van der Waals surface area contributed by atoms with E-state index in [1.165, 1.54) is 24.3 Å². The summed E-state index contributed by atoms with van der Waals surface area (Å²) in [6.45, 7) is -1.30. The van der Waals surface area contributed by atoms with Crippen LogP contribution in [-0.4, -0.2) is 66.1 Å². The summed E-state index contributed by atoms with van der Waals surface area (Å²) in [6.07, 6.45) is -7.88. The third-order valence-corrected chi connectivity index (χ3v) is 3.87. The number of nitrogens with zero attached hydrogens (tertiary/aromatic N) is 1. The smallest absolute Gasteiger partial charge is 0.332 e. The van der Waals surface area contributed by atoms with Crippen molar-refractivity contribution in [2.75, 3.05) is 13.8 Å². The Morgan fingerprint density at radius 3 is 2.16 bits per heavy atom. The van der Waals surface area contributed by atoms with Crippen LogP contribution in [0, 0.1) is 0 Å². The lowest BCUT2D eigenvalue weighted by molar-refractivity contribution is -0.149. The highest BCUT2D eigenvalue weighted by Crippen LogP contribution is 2.29. The Kier molecular flexibility index (Phi) is 5.78. The molecule has 1 N–H and O–H groups in total. The van der Waals surface area contributed by atoms with E-state index >= 15 is 0 Å². The summed E-state index contributed by atoms with van der Waals surface area (Å²) in [5.41, 5.74) is -0.0967. The van der Waals surface area contributed by atoms with Crippen molar-refractivity contribution in [3.8, 4) is 0 Å². The summed E-state index contributed by atoms with van der Waals surface area (Å²) in [4.78, 5) is 37.0. The number of fused-ring (bicyclic) bond motifs is 1. The molecule has 136 valence electrons. The number of aliphatic hydroxyl groups excluding tert-OH is 1. The highest BCUT2D eigenvalue weighted by Gasteiger charge is 2.49. The van der Waals surface area contributed by atoms with Crippen LogP contribution in [0.15, 0.2) is 24.3 Å². The SMILES string of the molecule is COC(=O)[C@@H](C(F)C(F)CC(O)CF)N1C(=O)c2ccccc2C1=O. The first kappa shape index (κ1) is 18.9. The fourth-order valence-corrected chi connectivity index (χ4v) is 2.61. The molecule has 3 unspecified atom stereocenters. The van der Waals surface area contributed by atoms with Crippen molar-refractivity contribution < 1.29 is 37.4 Å². The molecule has 9 heteroatoms. The van der Waals surface area contributed by atoms with Crippen LogP contribution in [0.1, 0.15) is 27.1 Å². The van der Waals surface area contributed by atoms with Gasteiger partial charge in [0.2, 0.25) is 0 Å². The third-order valence-electron chi connectivity index (χ3n) is 3.87. The number of halogens is 3. The molecule has 0 radical (unpaired) electrons. The molecule has 0 saturated heterocycles. The normalized spacial score (nSPS) is 18.5. The quantitative estimate of drug-likeness (QED) is 0.585. The van der Waals surface area contributed by atoms with Gasteiger partial charge in [0, 0.05) is 6.42 Å². The number of amides is 2. The molecule has 1 aliphatic rings. The van der Waals surface area contributed by atoms with Gasteiger partial charge in [0.1, 0.15) is 12.8 Å². The highest BCUT2D eigenvalue weighted by molar-refractivity contribution is 6.22. The lowest BCUT2D eigenvalue weighted by Crippen LogP contribution is -2.53. The van der Waals surface area contributed by atoms with Crippen molar-refractivity contribution in [3.05, 3.63) is 35.4 Å². The van der Waals surface area contributed by atoms with E-state index in [0.29, 0.717) is 4.90 Å². The number of alkyl halides is 3. The van der Waals surface area contributed by atoms with Crippen molar-refractivity contribution in [2.45, 2.75) is 30.9 Å². The third kappa shape index (κ3) is 3.51. The number of hydrogen-bond acceptors (Lipinski definition) is 5. The number of ether oxygens (including phenoxy) is 1. The molecule has 1 aromatic carbocycles.